The summed E-state index contributed by atoms with van der Waals surface area (Å²) in [7, 11) is 1.32. The van der Waals surface area contributed by atoms with Crippen molar-refractivity contribution < 1.29 is 23.9 Å². The van der Waals surface area contributed by atoms with E-state index in [2.05, 4.69) is 5.48 Å². The molecule has 0 spiro atoms. The van der Waals surface area contributed by atoms with E-state index in [1.165, 1.54) is 12.0 Å². The molecule has 1 saturated heterocycles. The predicted molar refractivity (Wildman–Crippen MR) is 96.1 cm³/mol. The van der Waals surface area contributed by atoms with Crippen molar-refractivity contribution in [2.45, 2.75) is 57.9 Å². The number of carbonyl (C=O) groups is 2. The van der Waals surface area contributed by atoms with E-state index < -0.39 is 23.7 Å². The van der Waals surface area contributed by atoms with Gasteiger partial charge in [-0.15, -0.1) is 0 Å². The third-order valence-corrected chi connectivity index (χ3v) is 4.01. The van der Waals surface area contributed by atoms with Crippen LogP contribution in [0.5, 0.6) is 0 Å². The lowest BCUT2D eigenvalue weighted by atomic mass is 9.99. The average molecular weight is 364 g/mol. The maximum absolute atomic E-state index is 12.5. The van der Waals surface area contributed by atoms with E-state index in [9.17, 15) is 9.59 Å². The molecule has 0 saturated carbocycles. The van der Waals surface area contributed by atoms with E-state index in [-0.39, 0.29) is 6.04 Å². The van der Waals surface area contributed by atoms with Crippen molar-refractivity contribution >= 4 is 12.1 Å². The highest BCUT2D eigenvalue weighted by Gasteiger charge is 2.38. The molecular weight excluding hydrogens is 336 g/mol. The van der Waals surface area contributed by atoms with Crippen molar-refractivity contribution in [3.05, 3.63) is 35.9 Å². The Kier molecular flexibility index (Phi) is 6.99. The second-order valence-electron chi connectivity index (χ2n) is 7.34. The number of carbonyl (C=O) groups excluding carboxylic acids is 2. The molecule has 1 aromatic carbocycles. The van der Waals surface area contributed by atoms with Gasteiger partial charge in [-0.05, 0) is 39.2 Å². The van der Waals surface area contributed by atoms with Crippen molar-refractivity contribution in [2.75, 3.05) is 13.7 Å². The Labute approximate surface area is 154 Å². The minimum Gasteiger partial charge on any atom is -0.467 e. The summed E-state index contributed by atoms with van der Waals surface area (Å²) in [4.78, 5) is 31.5. The molecule has 144 valence electrons. The van der Waals surface area contributed by atoms with Crippen LogP contribution in [-0.4, -0.2) is 48.3 Å². The zero-order chi connectivity index (χ0) is 19.2. The van der Waals surface area contributed by atoms with Crippen LogP contribution in [0, 0.1) is 0 Å². The Morgan fingerprint density at radius 1 is 1.19 bits per heavy atom. The number of methoxy groups -OCH3 is 1. The number of nitrogens with zero attached hydrogens (tertiary/aromatic N) is 1. The fourth-order valence-electron chi connectivity index (χ4n) is 2.79. The van der Waals surface area contributed by atoms with Gasteiger partial charge in [-0.1, -0.05) is 30.3 Å². The second kappa shape index (κ2) is 9.00. The lowest BCUT2D eigenvalue weighted by Gasteiger charge is -2.38. The summed E-state index contributed by atoms with van der Waals surface area (Å²) in [6.07, 6.45) is 0.647. The number of rotatable bonds is 5. The molecular formula is C19H28N2O5. The average Bonchev–Trinajstić information content (AvgIpc) is 2.60. The first-order valence-corrected chi connectivity index (χ1v) is 8.79. The Morgan fingerprint density at radius 3 is 2.50 bits per heavy atom. The lowest BCUT2D eigenvalue weighted by molar-refractivity contribution is -0.149. The molecule has 1 N–H and O–H groups in total. The zero-order valence-corrected chi connectivity index (χ0v) is 15.9. The molecule has 0 unspecified atom stereocenters. The number of hydroxylamine groups is 1. The van der Waals surface area contributed by atoms with E-state index in [1.807, 2.05) is 30.3 Å². The first kappa shape index (κ1) is 20.2. The second-order valence-corrected chi connectivity index (χ2v) is 7.34. The third kappa shape index (κ3) is 6.00. The van der Waals surface area contributed by atoms with Gasteiger partial charge in [0.15, 0.2) is 0 Å². The van der Waals surface area contributed by atoms with Crippen LogP contribution in [0.4, 0.5) is 4.79 Å². The van der Waals surface area contributed by atoms with Gasteiger partial charge in [0.25, 0.3) is 0 Å². The molecule has 2 rings (SSSR count). The van der Waals surface area contributed by atoms with Gasteiger partial charge in [0, 0.05) is 6.54 Å². The topological polar surface area (TPSA) is 77.1 Å². The van der Waals surface area contributed by atoms with Gasteiger partial charge in [-0.3, -0.25) is 9.74 Å². The first-order valence-electron chi connectivity index (χ1n) is 8.79. The number of likely N-dealkylation sites (tertiary alicyclic amines) is 1. The molecule has 26 heavy (non-hydrogen) atoms. The van der Waals surface area contributed by atoms with Crippen LogP contribution in [0.1, 0.15) is 39.2 Å². The quantitative estimate of drug-likeness (QED) is 0.639. The van der Waals surface area contributed by atoms with Crippen molar-refractivity contribution in [1.29, 1.82) is 0 Å². The van der Waals surface area contributed by atoms with Crippen LogP contribution < -0.4 is 5.48 Å². The SMILES string of the molecule is COC(=O)[C@H]1CC[C@@H](NOCc2ccccc2)CN1C(=O)OC(C)(C)C. The van der Waals surface area contributed by atoms with Crippen LogP contribution in [0.3, 0.4) is 0 Å². The first-order chi connectivity index (χ1) is 12.3. The molecule has 1 aliphatic rings. The van der Waals surface area contributed by atoms with Crippen LogP contribution >= 0.6 is 0 Å². The maximum atomic E-state index is 12.5. The molecule has 1 aromatic rings. The van der Waals surface area contributed by atoms with Gasteiger partial charge < -0.3 is 9.47 Å². The molecule has 1 aliphatic heterocycles. The highest BCUT2D eigenvalue weighted by molar-refractivity contribution is 5.81. The molecule has 1 fully saturated rings. The van der Waals surface area contributed by atoms with Crippen molar-refractivity contribution in [2.24, 2.45) is 0 Å². The molecule has 0 bridgehead atoms. The molecule has 1 amide bonds. The Balaban J connectivity index is 1.94. The van der Waals surface area contributed by atoms with Crippen LogP contribution in [0.15, 0.2) is 30.3 Å². The molecule has 0 aromatic heterocycles. The van der Waals surface area contributed by atoms with Gasteiger partial charge in [0.2, 0.25) is 0 Å². The Morgan fingerprint density at radius 2 is 1.88 bits per heavy atom. The number of amides is 1. The molecule has 2 atom stereocenters. The van der Waals surface area contributed by atoms with E-state index in [0.29, 0.717) is 26.0 Å². The minimum absolute atomic E-state index is 0.0906. The summed E-state index contributed by atoms with van der Waals surface area (Å²) < 4.78 is 10.3. The number of hydrogen-bond donors (Lipinski definition) is 1. The fourth-order valence-corrected chi connectivity index (χ4v) is 2.79. The van der Waals surface area contributed by atoms with E-state index in [0.717, 1.165) is 5.56 Å². The highest BCUT2D eigenvalue weighted by atomic mass is 16.6. The fraction of sp³-hybridized carbons (Fsp3) is 0.579. The number of esters is 1. The van der Waals surface area contributed by atoms with Gasteiger partial charge in [-0.25, -0.2) is 9.59 Å². The van der Waals surface area contributed by atoms with E-state index >= 15 is 0 Å². The summed E-state index contributed by atoms with van der Waals surface area (Å²) in [5.41, 5.74) is 3.41. The monoisotopic (exact) mass is 364 g/mol. The van der Waals surface area contributed by atoms with E-state index in [4.69, 9.17) is 14.3 Å². The van der Waals surface area contributed by atoms with Crippen LogP contribution in [-0.2, 0) is 25.7 Å². The van der Waals surface area contributed by atoms with Crippen LogP contribution in [0.25, 0.3) is 0 Å². The largest absolute Gasteiger partial charge is 0.467 e. The molecule has 0 radical (unpaired) electrons. The standard InChI is InChI=1S/C19H28N2O5/c1-19(2,3)26-18(23)21-12-15(10-11-16(21)17(22)24-4)20-25-13-14-8-6-5-7-9-14/h5-9,15-16,20H,10-13H2,1-4H3/t15-,16-/m1/s1. The molecule has 1 heterocycles. The summed E-state index contributed by atoms with van der Waals surface area (Å²) in [5.74, 6) is -0.431. The van der Waals surface area contributed by atoms with Gasteiger partial charge in [0.05, 0.1) is 19.8 Å². The van der Waals surface area contributed by atoms with Gasteiger partial charge >= 0.3 is 12.1 Å². The predicted octanol–water partition coefficient (Wildman–Crippen LogP) is 2.65. The summed E-state index contributed by atoms with van der Waals surface area (Å²) in [6, 6.07) is 9.07. The maximum Gasteiger partial charge on any atom is 0.411 e. The van der Waals surface area contributed by atoms with Gasteiger partial charge in [-0.2, -0.15) is 5.48 Å². The zero-order valence-electron chi connectivity index (χ0n) is 15.9. The molecule has 0 aliphatic carbocycles. The Bertz CT molecular complexity index is 600. The number of hydrogen-bond acceptors (Lipinski definition) is 6. The smallest absolute Gasteiger partial charge is 0.411 e. The lowest BCUT2D eigenvalue weighted by Crippen LogP contribution is -2.56. The molecule has 7 heteroatoms. The summed E-state index contributed by atoms with van der Waals surface area (Å²) >= 11 is 0. The van der Waals surface area contributed by atoms with Crippen molar-refractivity contribution in [3.63, 3.8) is 0 Å². The van der Waals surface area contributed by atoms with Crippen molar-refractivity contribution in [3.8, 4) is 0 Å². The Hall–Kier alpha value is -2.12. The third-order valence-electron chi connectivity index (χ3n) is 4.01. The van der Waals surface area contributed by atoms with Crippen molar-refractivity contribution in [1.82, 2.24) is 10.4 Å². The normalized spacial score (nSPS) is 20.5. The van der Waals surface area contributed by atoms with Crippen LogP contribution in [0.2, 0.25) is 0 Å². The molecule has 7 nitrogen and oxygen atoms in total. The minimum atomic E-state index is -0.637. The summed E-state index contributed by atoms with van der Waals surface area (Å²) in [6.45, 7) is 6.11. The number of ether oxygens (including phenoxy) is 2. The highest BCUT2D eigenvalue weighted by Crippen LogP contribution is 2.22. The number of piperidine rings is 1. The number of benzene rings is 1. The number of nitrogens with one attached hydrogen (secondary N) is 1. The summed E-state index contributed by atoms with van der Waals surface area (Å²) in [5, 5.41) is 0. The van der Waals surface area contributed by atoms with Gasteiger partial charge in [0.1, 0.15) is 11.6 Å². The van der Waals surface area contributed by atoms with E-state index in [1.54, 1.807) is 20.8 Å².